The summed E-state index contributed by atoms with van der Waals surface area (Å²) in [4.78, 5) is 16.6. The van der Waals surface area contributed by atoms with E-state index < -0.39 is 0 Å². The van der Waals surface area contributed by atoms with Crippen LogP contribution in [0.4, 0.5) is 0 Å². The Morgan fingerprint density at radius 2 is 1.67 bits per heavy atom. The van der Waals surface area contributed by atoms with E-state index in [4.69, 9.17) is 5.73 Å². The molecule has 0 spiro atoms. The van der Waals surface area contributed by atoms with Crippen molar-refractivity contribution < 1.29 is 4.79 Å². The molecule has 1 unspecified atom stereocenters. The van der Waals surface area contributed by atoms with Gasteiger partial charge in [-0.3, -0.25) is 4.79 Å². The summed E-state index contributed by atoms with van der Waals surface area (Å²) in [6.45, 7) is 11.3. The Morgan fingerprint density at radius 1 is 1.11 bits per heavy atom. The summed E-state index contributed by atoms with van der Waals surface area (Å²) in [6.07, 6.45) is 0. The summed E-state index contributed by atoms with van der Waals surface area (Å²) in [5.41, 5.74) is 5.74. The highest BCUT2D eigenvalue weighted by molar-refractivity contribution is 5.79. The lowest BCUT2D eigenvalue weighted by atomic mass is 9.94. The molecule has 0 radical (unpaired) electrons. The van der Waals surface area contributed by atoms with Gasteiger partial charge in [-0.2, -0.15) is 0 Å². The van der Waals surface area contributed by atoms with Crippen LogP contribution in [0, 0.1) is 17.8 Å². The highest BCUT2D eigenvalue weighted by Gasteiger charge is 2.26. The smallest absolute Gasteiger partial charge is 0.227 e. The minimum atomic E-state index is -0.0501. The lowest BCUT2D eigenvalue weighted by Crippen LogP contribution is -2.45. The first-order valence-electron chi connectivity index (χ1n) is 6.93. The Kier molecular flexibility index (Phi) is 8.20. The zero-order chi connectivity index (χ0) is 14.3. The number of nitrogens with zero attached hydrogens (tertiary/aromatic N) is 2. The van der Waals surface area contributed by atoms with Crippen LogP contribution in [0.15, 0.2) is 0 Å². The van der Waals surface area contributed by atoms with Crippen LogP contribution in [0.25, 0.3) is 0 Å². The highest BCUT2D eigenvalue weighted by atomic mass is 16.2. The third kappa shape index (κ3) is 6.36. The van der Waals surface area contributed by atoms with E-state index >= 15 is 0 Å². The predicted octanol–water partition coefficient (Wildman–Crippen LogP) is 1.26. The molecular weight excluding hydrogens is 226 g/mol. The molecule has 2 N–H and O–H groups in total. The molecule has 0 aliphatic carbocycles. The topological polar surface area (TPSA) is 49.6 Å². The van der Waals surface area contributed by atoms with E-state index in [2.05, 4.69) is 32.6 Å². The van der Waals surface area contributed by atoms with Gasteiger partial charge < -0.3 is 15.5 Å². The molecule has 1 amide bonds. The number of hydrogen-bond acceptors (Lipinski definition) is 3. The Bertz CT molecular complexity index is 239. The molecule has 1 atom stereocenters. The van der Waals surface area contributed by atoms with Gasteiger partial charge in [-0.25, -0.2) is 0 Å². The normalized spacial score (nSPS) is 13.4. The SMILES string of the molecule is CC(C)CN(CCN(C)C)C(=O)C(CN)C(C)C. The second-order valence-corrected chi connectivity index (χ2v) is 6.07. The number of carbonyl (C=O) groups is 1. The van der Waals surface area contributed by atoms with Gasteiger partial charge in [0.1, 0.15) is 0 Å². The molecule has 0 aromatic heterocycles. The van der Waals surface area contributed by atoms with Crippen LogP contribution in [0.1, 0.15) is 27.7 Å². The van der Waals surface area contributed by atoms with E-state index in [1.807, 2.05) is 19.0 Å². The van der Waals surface area contributed by atoms with Crippen LogP contribution < -0.4 is 5.73 Å². The summed E-state index contributed by atoms with van der Waals surface area (Å²) < 4.78 is 0. The van der Waals surface area contributed by atoms with Crippen molar-refractivity contribution >= 4 is 5.91 Å². The maximum absolute atomic E-state index is 12.5. The third-order valence-electron chi connectivity index (χ3n) is 3.09. The van der Waals surface area contributed by atoms with Crippen molar-refractivity contribution in [2.24, 2.45) is 23.5 Å². The molecular formula is C14H31N3O. The van der Waals surface area contributed by atoms with Gasteiger partial charge in [0, 0.05) is 26.2 Å². The molecule has 0 aliphatic rings. The van der Waals surface area contributed by atoms with E-state index in [1.165, 1.54) is 0 Å². The fourth-order valence-electron chi connectivity index (χ4n) is 1.95. The van der Waals surface area contributed by atoms with Gasteiger partial charge in [-0.05, 0) is 25.9 Å². The first kappa shape index (κ1) is 17.4. The first-order valence-corrected chi connectivity index (χ1v) is 6.93. The number of amides is 1. The standard InChI is InChI=1S/C14H31N3O/c1-11(2)10-17(8-7-16(5)6)14(18)13(9-15)12(3)4/h11-13H,7-10,15H2,1-6H3. The van der Waals surface area contributed by atoms with E-state index in [0.29, 0.717) is 18.4 Å². The van der Waals surface area contributed by atoms with Gasteiger partial charge in [0.2, 0.25) is 5.91 Å². The van der Waals surface area contributed by atoms with Crippen LogP contribution in [0.2, 0.25) is 0 Å². The average molecular weight is 257 g/mol. The van der Waals surface area contributed by atoms with Crippen LogP contribution in [-0.4, -0.2) is 56.0 Å². The Labute approximate surface area is 113 Å². The van der Waals surface area contributed by atoms with Gasteiger partial charge in [-0.1, -0.05) is 27.7 Å². The summed E-state index contributed by atoms with van der Waals surface area (Å²) >= 11 is 0. The highest BCUT2D eigenvalue weighted by Crippen LogP contribution is 2.14. The number of hydrogen-bond donors (Lipinski definition) is 1. The molecule has 0 bridgehead atoms. The van der Waals surface area contributed by atoms with Crippen molar-refractivity contribution in [3.8, 4) is 0 Å². The largest absolute Gasteiger partial charge is 0.341 e. The number of nitrogens with two attached hydrogens (primary N) is 1. The zero-order valence-corrected chi connectivity index (χ0v) is 12.9. The monoisotopic (exact) mass is 257 g/mol. The van der Waals surface area contributed by atoms with Crippen molar-refractivity contribution in [2.45, 2.75) is 27.7 Å². The van der Waals surface area contributed by atoms with E-state index in [1.54, 1.807) is 0 Å². The molecule has 4 heteroatoms. The van der Waals surface area contributed by atoms with Crippen molar-refractivity contribution in [1.29, 1.82) is 0 Å². The number of rotatable bonds is 8. The van der Waals surface area contributed by atoms with Gasteiger partial charge in [0.25, 0.3) is 0 Å². The third-order valence-corrected chi connectivity index (χ3v) is 3.09. The Balaban J connectivity index is 4.66. The van der Waals surface area contributed by atoms with Gasteiger partial charge >= 0.3 is 0 Å². The second-order valence-electron chi connectivity index (χ2n) is 6.07. The minimum Gasteiger partial charge on any atom is -0.341 e. The van der Waals surface area contributed by atoms with Crippen molar-refractivity contribution in [3.05, 3.63) is 0 Å². The summed E-state index contributed by atoms with van der Waals surface area (Å²) in [6, 6.07) is 0. The summed E-state index contributed by atoms with van der Waals surface area (Å²) in [5, 5.41) is 0. The van der Waals surface area contributed by atoms with Crippen molar-refractivity contribution in [2.75, 3.05) is 40.3 Å². The quantitative estimate of drug-likeness (QED) is 0.712. The fraction of sp³-hybridized carbons (Fsp3) is 0.929. The minimum absolute atomic E-state index is 0.0501. The van der Waals surface area contributed by atoms with Crippen molar-refractivity contribution in [1.82, 2.24) is 9.80 Å². The maximum atomic E-state index is 12.5. The van der Waals surface area contributed by atoms with Gasteiger partial charge in [0.05, 0.1) is 5.92 Å². The van der Waals surface area contributed by atoms with Crippen LogP contribution in [0.5, 0.6) is 0 Å². The van der Waals surface area contributed by atoms with Gasteiger partial charge in [-0.15, -0.1) is 0 Å². The Morgan fingerprint density at radius 3 is 2.00 bits per heavy atom. The molecule has 0 aliphatic heterocycles. The summed E-state index contributed by atoms with van der Waals surface area (Å²) in [5.74, 6) is 0.951. The molecule has 0 fully saturated rings. The predicted molar refractivity (Wildman–Crippen MR) is 77.4 cm³/mol. The lowest BCUT2D eigenvalue weighted by molar-refractivity contribution is -0.137. The number of carbonyl (C=O) groups excluding carboxylic acids is 1. The number of likely N-dealkylation sites (N-methyl/N-ethyl adjacent to an activating group) is 1. The van der Waals surface area contributed by atoms with E-state index in [-0.39, 0.29) is 11.8 Å². The van der Waals surface area contributed by atoms with Crippen molar-refractivity contribution in [3.63, 3.8) is 0 Å². The molecule has 18 heavy (non-hydrogen) atoms. The zero-order valence-electron chi connectivity index (χ0n) is 12.9. The van der Waals surface area contributed by atoms with E-state index in [9.17, 15) is 4.79 Å². The molecule has 108 valence electrons. The molecule has 0 heterocycles. The molecule has 0 aromatic carbocycles. The molecule has 0 rings (SSSR count). The first-order chi connectivity index (χ1) is 8.29. The van der Waals surface area contributed by atoms with Gasteiger partial charge in [0.15, 0.2) is 0 Å². The molecule has 0 saturated carbocycles. The molecule has 4 nitrogen and oxygen atoms in total. The lowest BCUT2D eigenvalue weighted by Gasteiger charge is -2.31. The second kappa shape index (κ2) is 8.48. The van der Waals surface area contributed by atoms with Crippen LogP contribution >= 0.6 is 0 Å². The molecule has 0 saturated heterocycles. The average Bonchev–Trinajstić information content (AvgIpc) is 2.23. The summed E-state index contributed by atoms with van der Waals surface area (Å²) in [7, 11) is 4.06. The fourth-order valence-corrected chi connectivity index (χ4v) is 1.95. The molecule has 0 aromatic rings. The Hall–Kier alpha value is -0.610. The van der Waals surface area contributed by atoms with Crippen LogP contribution in [-0.2, 0) is 4.79 Å². The maximum Gasteiger partial charge on any atom is 0.227 e. The van der Waals surface area contributed by atoms with E-state index in [0.717, 1.165) is 19.6 Å². The van der Waals surface area contributed by atoms with Crippen LogP contribution in [0.3, 0.4) is 0 Å².